The number of hydrogen-bond acceptors (Lipinski definition) is 3. The molecule has 1 aromatic carbocycles. The lowest BCUT2D eigenvalue weighted by molar-refractivity contribution is -0.120. The fraction of sp³-hybridized carbons (Fsp3) is 0.611. The molecule has 1 aromatic rings. The monoisotopic (exact) mass is 384 g/mol. The van der Waals surface area contributed by atoms with E-state index in [2.05, 4.69) is 5.32 Å². The summed E-state index contributed by atoms with van der Waals surface area (Å²) in [5.74, 6) is 1.76. The predicted octanol–water partition coefficient (Wildman–Crippen LogP) is 3.05. The first-order valence-corrected chi connectivity index (χ1v) is 11.0. The van der Waals surface area contributed by atoms with Gasteiger partial charge in [-0.25, -0.2) is 8.42 Å². The van der Waals surface area contributed by atoms with Crippen LogP contribution < -0.4 is 9.62 Å². The highest BCUT2D eigenvalue weighted by atomic mass is 35.5. The van der Waals surface area contributed by atoms with E-state index in [0.717, 1.165) is 16.5 Å². The van der Waals surface area contributed by atoms with E-state index in [-0.39, 0.29) is 18.5 Å². The van der Waals surface area contributed by atoms with Crippen LogP contribution in [-0.4, -0.2) is 33.2 Å². The molecule has 2 aliphatic carbocycles. The van der Waals surface area contributed by atoms with Gasteiger partial charge >= 0.3 is 0 Å². The highest BCUT2D eigenvalue weighted by Gasteiger charge is 2.42. The lowest BCUT2D eigenvalue weighted by atomic mass is 9.84. The van der Waals surface area contributed by atoms with Crippen molar-refractivity contribution in [2.24, 2.45) is 17.8 Å². The summed E-state index contributed by atoms with van der Waals surface area (Å²) < 4.78 is 25.4. The molecule has 1 amide bonds. The zero-order valence-corrected chi connectivity index (χ0v) is 16.2. The number of carbonyl (C=O) groups excluding carboxylic acids is 1. The third-order valence-electron chi connectivity index (χ3n) is 5.61. The minimum absolute atomic E-state index is 0.0728. The molecule has 0 unspecified atom stereocenters. The van der Waals surface area contributed by atoms with Gasteiger partial charge in [0.15, 0.2) is 0 Å². The normalized spacial score (nSPS) is 26.4. The first kappa shape index (κ1) is 18.5. The second-order valence-corrected chi connectivity index (χ2v) is 9.79. The van der Waals surface area contributed by atoms with Crippen LogP contribution in [0.1, 0.15) is 32.6 Å². The number of hydrogen-bond donors (Lipinski definition) is 1. The van der Waals surface area contributed by atoms with Gasteiger partial charge in [0.1, 0.15) is 6.54 Å². The van der Waals surface area contributed by atoms with Crippen LogP contribution >= 0.6 is 11.6 Å². The van der Waals surface area contributed by atoms with Crippen molar-refractivity contribution in [3.05, 3.63) is 29.3 Å². The second kappa shape index (κ2) is 7.16. The second-order valence-electron chi connectivity index (χ2n) is 7.44. The first-order valence-electron chi connectivity index (χ1n) is 8.76. The SMILES string of the molecule is C[C@H](NC(=O)CN(c1cccc(Cl)c1)S(C)(=O)=O)[C@@H]1C[C@H]2CC[C@H]1C2. The molecule has 2 fully saturated rings. The smallest absolute Gasteiger partial charge is 0.240 e. The Kier molecular flexibility index (Phi) is 5.30. The number of amides is 1. The minimum atomic E-state index is -3.58. The Morgan fingerprint density at radius 1 is 1.36 bits per heavy atom. The topological polar surface area (TPSA) is 66.5 Å². The molecule has 0 saturated heterocycles. The molecule has 0 spiro atoms. The van der Waals surface area contributed by atoms with Crippen LogP contribution in [0.15, 0.2) is 24.3 Å². The number of anilines is 1. The lowest BCUT2D eigenvalue weighted by Gasteiger charge is -2.29. The molecular formula is C18H25ClN2O3S. The molecule has 2 aliphatic rings. The van der Waals surface area contributed by atoms with Gasteiger partial charge in [-0.3, -0.25) is 9.10 Å². The standard InChI is InChI=1S/C18H25ClN2O3S/c1-12(17-9-13-6-7-14(17)8-13)20-18(22)11-21(25(2,23)24)16-5-3-4-15(19)10-16/h3-5,10,12-14,17H,6-9,11H2,1-2H3,(H,20,22)/t12-,13-,14-,17-/m0/s1. The van der Waals surface area contributed by atoms with Crippen molar-refractivity contribution in [2.75, 3.05) is 17.1 Å². The highest BCUT2D eigenvalue weighted by molar-refractivity contribution is 7.92. The number of halogens is 1. The van der Waals surface area contributed by atoms with E-state index in [1.807, 2.05) is 6.92 Å². The van der Waals surface area contributed by atoms with Crippen LogP contribution in [0.2, 0.25) is 5.02 Å². The van der Waals surface area contributed by atoms with Crippen molar-refractivity contribution >= 4 is 33.2 Å². The molecule has 0 radical (unpaired) electrons. The predicted molar refractivity (Wildman–Crippen MR) is 100 cm³/mol. The van der Waals surface area contributed by atoms with Crippen LogP contribution in [0.25, 0.3) is 0 Å². The van der Waals surface area contributed by atoms with Crippen LogP contribution in [-0.2, 0) is 14.8 Å². The average Bonchev–Trinajstić information content (AvgIpc) is 3.14. The van der Waals surface area contributed by atoms with Crippen LogP contribution in [0.5, 0.6) is 0 Å². The van der Waals surface area contributed by atoms with Crippen molar-refractivity contribution in [2.45, 2.75) is 38.6 Å². The van der Waals surface area contributed by atoms with Crippen LogP contribution in [0.4, 0.5) is 5.69 Å². The zero-order chi connectivity index (χ0) is 18.2. The number of benzene rings is 1. The van der Waals surface area contributed by atoms with Gasteiger partial charge in [-0.1, -0.05) is 24.1 Å². The summed E-state index contributed by atoms with van der Waals surface area (Å²) in [7, 11) is -3.58. The molecule has 0 aromatic heterocycles. The third-order valence-corrected chi connectivity index (χ3v) is 6.98. The molecule has 0 aliphatic heterocycles. The van der Waals surface area contributed by atoms with Crippen molar-refractivity contribution in [3.8, 4) is 0 Å². The third kappa shape index (κ3) is 4.29. The molecule has 5 nitrogen and oxygen atoms in total. The maximum atomic E-state index is 12.5. The quantitative estimate of drug-likeness (QED) is 0.819. The maximum Gasteiger partial charge on any atom is 0.240 e. The molecule has 2 bridgehead atoms. The molecule has 25 heavy (non-hydrogen) atoms. The Morgan fingerprint density at radius 3 is 2.68 bits per heavy atom. The molecule has 7 heteroatoms. The Morgan fingerprint density at radius 2 is 2.12 bits per heavy atom. The van der Waals surface area contributed by atoms with Gasteiger partial charge in [0.2, 0.25) is 15.9 Å². The van der Waals surface area contributed by atoms with Crippen LogP contribution in [0, 0.1) is 17.8 Å². The molecule has 0 heterocycles. The van der Waals surface area contributed by atoms with E-state index < -0.39 is 10.0 Å². The maximum absolute atomic E-state index is 12.5. The number of rotatable bonds is 6. The number of sulfonamides is 1. The Balaban J connectivity index is 1.66. The molecule has 1 N–H and O–H groups in total. The van der Waals surface area contributed by atoms with Gasteiger partial charge in [0, 0.05) is 11.1 Å². The van der Waals surface area contributed by atoms with E-state index in [4.69, 9.17) is 11.6 Å². The number of fused-ring (bicyclic) bond motifs is 2. The average molecular weight is 385 g/mol. The summed E-state index contributed by atoms with van der Waals surface area (Å²) in [6, 6.07) is 6.60. The summed E-state index contributed by atoms with van der Waals surface area (Å²) >= 11 is 5.96. The van der Waals surface area contributed by atoms with E-state index in [1.54, 1.807) is 24.3 Å². The van der Waals surface area contributed by atoms with Crippen molar-refractivity contribution in [3.63, 3.8) is 0 Å². The summed E-state index contributed by atoms with van der Waals surface area (Å²) in [4.78, 5) is 12.5. The van der Waals surface area contributed by atoms with Crippen LogP contribution in [0.3, 0.4) is 0 Å². The van der Waals surface area contributed by atoms with Crippen molar-refractivity contribution < 1.29 is 13.2 Å². The number of carbonyl (C=O) groups is 1. The van der Waals surface area contributed by atoms with Gasteiger partial charge in [-0.05, 0) is 62.1 Å². The minimum Gasteiger partial charge on any atom is -0.352 e. The van der Waals surface area contributed by atoms with E-state index in [1.165, 1.54) is 25.7 Å². The first-order chi connectivity index (χ1) is 11.7. The zero-order valence-electron chi connectivity index (χ0n) is 14.6. The van der Waals surface area contributed by atoms with Crippen molar-refractivity contribution in [1.82, 2.24) is 5.32 Å². The largest absolute Gasteiger partial charge is 0.352 e. The highest BCUT2D eigenvalue weighted by Crippen LogP contribution is 2.49. The fourth-order valence-electron chi connectivity index (χ4n) is 4.47. The van der Waals surface area contributed by atoms with E-state index in [0.29, 0.717) is 22.5 Å². The lowest BCUT2D eigenvalue weighted by Crippen LogP contribution is -2.46. The molecule has 3 rings (SSSR count). The Bertz CT molecular complexity index is 752. The van der Waals surface area contributed by atoms with Gasteiger partial charge in [-0.15, -0.1) is 0 Å². The van der Waals surface area contributed by atoms with Gasteiger partial charge in [0.05, 0.1) is 11.9 Å². The fourth-order valence-corrected chi connectivity index (χ4v) is 5.51. The number of nitrogens with zero attached hydrogens (tertiary/aromatic N) is 1. The molecule has 4 atom stereocenters. The van der Waals surface area contributed by atoms with Crippen molar-refractivity contribution in [1.29, 1.82) is 0 Å². The van der Waals surface area contributed by atoms with E-state index >= 15 is 0 Å². The number of nitrogens with one attached hydrogen (secondary N) is 1. The Hall–Kier alpha value is -1.27. The summed E-state index contributed by atoms with van der Waals surface area (Å²) in [5, 5.41) is 3.45. The van der Waals surface area contributed by atoms with E-state index in [9.17, 15) is 13.2 Å². The van der Waals surface area contributed by atoms with Gasteiger partial charge in [-0.2, -0.15) is 0 Å². The summed E-state index contributed by atoms with van der Waals surface area (Å²) in [6.07, 6.45) is 6.13. The summed E-state index contributed by atoms with van der Waals surface area (Å²) in [6.45, 7) is 1.80. The molecule has 2 saturated carbocycles. The molecular weight excluding hydrogens is 360 g/mol. The molecule has 138 valence electrons. The summed E-state index contributed by atoms with van der Waals surface area (Å²) in [5.41, 5.74) is 0.401. The van der Waals surface area contributed by atoms with Gasteiger partial charge in [0.25, 0.3) is 0 Å². The Labute approximate surface area is 154 Å². The van der Waals surface area contributed by atoms with Gasteiger partial charge < -0.3 is 5.32 Å².